The summed E-state index contributed by atoms with van der Waals surface area (Å²) in [6.07, 6.45) is 5.91. The van der Waals surface area contributed by atoms with E-state index in [4.69, 9.17) is 0 Å². The number of thiophene rings is 1. The van der Waals surface area contributed by atoms with Crippen LogP contribution in [0.3, 0.4) is 0 Å². The molecule has 1 aliphatic carbocycles. The van der Waals surface area contributed by atoms with E-state index >= 15 is 0 Å². The molecule has 29 heavy (non-hydrogen) atoms. The first-order valence-electron chi connectivity index (χ1n) is 10.2. The lowest BCUT2D eigenvalue weighted by atomic mass is 9.87. The van der Waals surface area contributed by atoms with Crippen LogP contribution in [0.25, 0.3) is 21.3 Å². The Kier molecular flexibility index (Phi) is 5.54. The largest absolute Gasteiger partial charge is 0.341 e. The third kappa shape index (κ3) is 3.86. The number of rotatable bonds is 4. The monoisotopic (exact) mass is 409 g/mol. The van der Waals surface area contributed by atoms with Crippen molar-refractivity contribution in [2.45, 2.75) is 52.1 Å². The minimum Gasteiger partial charge on any atom is -0.341 e. The maximum Gasteiger partial charge on any atom is 0.263 e. The lowest BCUT2D eigenvalue weighted by molar-refractivity contribution is -0.133. The summed E-state index contributed by atoms with van der Waals surface area (Å²) in [7, 11) is 1.87. The van der Waals surface area contributed by atoms with Gasteiger partial charge < -0.3 is 4.90 Å². The second-order valence-corrected chi connectivity index (χ2v) is 9.38. The van der Waals surface area contributed by atoms with Crippen molar-refractivity contribution in [1.29, 1.82) is 0 Å². The van der Waals surface area contributed by atoms with Crippen LogP contribution in [0.4, 0.5) is 0 Å². The van der Waals surface area contributed by atoms with Gasteiger partial charge in [-0.05, 0) is 44.1 Å². The quantitative estimate of drug-likeness (QED) is 0.639. The van der Waals surface area contributed by atoms with E-state index in [-0.39, 0.29) is 24.1 Å². The Bertz CT molecular complexity index is 1080. The zero-order valence-electron chi connectivity index (χ0n) is 17.2. The fourth-order valence-electron chi connectivity index (χ4n) is 4.29. The van der Waals surface area contributed by atoms with Gasteiger partial charge in [-0.25, -0.2) is 4.98 Å². The van der Waals surface area contributed by atoms with Crippen molar-refractivity contribution in [3.63, 3.8) is 0 Å². The van der Waals surface area contributed by atoms with Crippen LogP contribution >= 0.6 is 11.3 Å². The van der Waals surface area contributed by atoms with Crippen LogP contribution in [0, 0.1) is 12.8 Å². The molecule has 6 heteroatoms. The van der Waals surface area contributed by atoms with Crippen molar-refractivity contribution in [3.05, 3.63) is 51.9 Å². The van der Waals surface area contributed by atoms with Crippen LogP contribution in [0.1, 0.15) is 37.5 Å². The van der Waals surface area contributed by atoms with Gasteiger partial charge in [0, 0.05) is 23.5 Å². The lowest BCUT2D eigenvalue weighted by Gasteiger charge is -2.33. The topological polar surface area (TPSA) is 55.2 Å². The van der Waals surface area contributed by atoms with Crippen LogP contribution in [-0.2, 0) is 11.3 Å². The van der Waals surface area contributed by atoms with Gasteiger partial charge >= 0.3 is 0 Å². The number of aromatic nitrogens is 2. The Balaban J connectivity index is 1.64. The van der Waals surface area contributed by atoms with Crippen molar-refractivity contribution < 1.29 is 4.79 Å². The molecule has 0 N–H and O–H groups in total. The van der Waals surface area contributed by atoms with Gasteiger partial charge in [-0.15, -0.1) is 11.3 Å². The van der Waals surface area contributed by atoms with Crippen LogP contribution < -0.4 is 5.56 Å². The fraction of sp³-hybridized carbons (Fsp3) is 0.435. The Morgan fingerprint density at radius 3 is 2.59 bits per heavy atom. The van der Waals surface area contributed by atoms with Crippen molar-refractivity contribution in [2.24, 2.45) is 5.92 Å². The molecule has 0 aliphatic heterocycles. The number of hydrogen-bond acceptors (Lipinski definition) is 4. The highest BCUT2D eigenvalue weighted by Gasteiger charge is 2.25. The van der Waals surface area contributed by atoms with Gasteiger partial charge in [0.05, 0.1) is 11.7 Å². The normalized spacial score (nSPS) is 19.4. The van der Waals surface area contributed by atoms with Gasteiger partial charge in [0.25, 0.3) is 5.56 Å². The molecule has 0 bridgehead atoms. The third-order valence-corrected chi connectivity index (χ3v) is 7.16. The van der Waals surface area contributed by atoms with Crippen LogP contribution in [0.5, 0.6) is 0 Å². The molecule has 0 radical (unpaired) electrons. The first-order chi connectivity index (χ1) is 14.0. The molecule has 1 aromatic carbocycles. The molecule has 5 nitrogen and oxygen atoms in total. The number of hydrogen-bond donors (Lipinski definition) is 0. The lowest BCUT2D eigenvalue weighted by Crippen LogP contribution is -2.42. The molecule has 1 fully saturated rings. The Morgan fingerprint density at radius 2 is 1.90 bits per heavy atom. The molecular formula is C23H27N3O2S. The van der Waals surface area contributed by atoms with Gasteiger partial charge in [-0.3, -0.25) is 14.2 Å². The number of carbonyl (C=O) groups excluding carboxylic acids is 1. The summed E-state index contributed by atoms with van der Waals surface area (Å²) in [6, 6.07) is 10.2. The summed E-state index contributed by atoms with van der Waals surface area (Å²) in [5, 5.41) is 0.614. The van der Waals surface area contributed by atoms with Crippen molar-refractivity contribution in [2.75, 3.05) is 7.05 Å². The minimum atomic E-state index is -0.141. The molecule has 0 saturated heterocycles. The van der Waals surface area contributed by atoms with E-state index in [1.165, 1.54) is 22.2 Å². The second-order valence-electron chi connectivity index (χ2n) is 8.18. The number of benzene rings is 1. The molecule has 2 aromatic heterocycles. The molecule has 3 aromatic rings. The zero-order valence-corrected chi connectivity index (χ0v) is 18.0. The maximum absolute atomic E-state index is 13.3. The van der Waals surface area contributed by atoms with E-state index in [0.717, 1.165) is 52.4 Å². The van der Waals surface area contributed by atoms with E-state index in [1.807, 2.05) is 49.2 Å². The number of nitrogens with zero attached hydrogens (tertiary/aromatic N) is 3. The van der Waals surface area contributed by atoms with E-state index in [1.54, 1.807) is 0 Å². The van der Waals surface area contributed by atoms with E-state index in [0.29, 0.717) is 5.39 Å². The molecule has 152 valence electrons. The molecule has 1 aliphatic rings. The first kappa shape index (κ1) is 19.8. The molecule has 1 amide bonds. The van der Waals surface area contributed by atoms with Crippen molar-refractivity contribution >= 4 is 27.5 Å². The van der Waals surface area contributed by atoms with E-state index < -0.39 is 0 Å². The van der Waals surface area contributed by atoms with Crippen LogP contribution in [0.2, 0.25) is 0 Å². The minimum absolute atomic E-state index is 0.0268. The molecular weight excluding hydrogens is 382 g/mol. The SMILES string of the molecule is Cc1sc2ncn(CC(=O)N(C)C3CCC(C)CC3)c(=O)c2c1-c1ccccc1. The third-order valence-electron chi connectivity index (χ3n) is 6.15. The summed E-state index contributed by atoms with van der Waals surface area (Å²) in [6.45, 7) is 4.32. The zero-order chi connectivity index (χ0) is 20.5. The highest BCUT2D eigenvalue weighted by atomic mass is 32.1. The van der Waals surface area contributed by atoms with Gasteiger partial charge in [-0.1, -0.05) is 37.3 Å². The van der Waals surface area contributed by atoms with Crippen molar-refractivity contribution in [1.82, 2.24) is 14.5 Å². The Morgan fingerprint density at radius 1 is 1.21 bits per heavy atom. The molecule has 0 unspecified atom stereocenters. The average Bonchev–Trinajstić information content (AvgIpc) is 3.07. The van der Waals surface area contributed by atoms with Gasteiger partial charge in [0.1, 0.15) is 11.4 Å². The van der Waals surface area contributed by atoms with Crippen molar-refractivity contribution in [3.8, 4) is 11.1 Å². The standard InChI is InChI=1S/C23H27N3O2S/c1-15-9-11-18(12-10-15)25(3)19(27)13-26-14-24-22-21(23(26)28)20(16(2)29-22)17-7-5-4-6-8-17/h4-8,14-15,18H,9-13H2,1-3H3. The number of fused-ring (bicyclic) bond motifs is 1. The molecule has 4 rings (SSSR count). The van der Waals surface area contributed by atoms with Gasteiger partial charge in [-0.2, -0.15) is 0 Å². The second kappa shape index (κ2) is 8.11. The Labute approximate surface area is 175 Å². The summed E-state index contributed by atoms with van der Waals surface area (Å²) in [5.74, 6) is 0.711. The number of likely N-dealkylation sites (N-methyl/N-ethyl adjacent to an activating group) is 1. The highest BCUT2D eigenvalue weighted by Crippen LogP contribution is 2.35. The molecule has 0 spiro atoms. The Hall–Kier alpha value is -2.47. The summed E-state index contributed by atoms with van der Waals surface area (Å²) in [5.41, 5.74) is 1.80. The van der Waals surface area contributed by atoms with E-state index in [2.05, 4.69) is 11.9 Å². The highest BCUT2D eigenvalue weighted by molar-refractivity contribution is 7.19. The average molecular weight is 410 g/mol. The van der Waals surface area contributed by atoms with Crippen LogP contribution in [0.15, 0.2) is 41.5 Å². The smallest absolute Gasteiger partial charge is 0.263 e. The van der Waals surface area contributed by atoms with Crippen LogP contribution in [-0.4, -0.2) is 33.4 Å². The predicted molar refractivity (Wildman–Crippen MR) is 118 cm³/mol. The number of amides is 1. The fourth-order valence-corrected chi connectivity index (χ4v) is 5.30. The number of carbonyl (C=O) groups is 1. The van der Waals surface area contributed by atoms with Gasteiger partial charge in [0.2, 0.25) is 5.91 Å². The number of aryl methyl sites for hydroxylation is 1. The maximum atomic E-state index is 13.3. The van der Waals surface area contributed by atoms with Gasteiger partial charge in [0.15, 0.2) is 0 Å². The van der Waals surface area contributed by atoms with E-state index in [9.17, 15) is 9.59 Å². The molecule has 2 heterocycles. The molecule has 0 atom stereocenters. The summed E-state index contributed by atoms with van der Waals surface area (Å²) in [4.78, 5) is 34.3. The summed E-state index contributed by atoms with van der Waals surface area (Å²) >= 11 is 1.52. The predicted octanol–water partition coefficient (Wildman–Crippen LogP) is 4.47. The summed E-state index contributed by atoms with van der Waals surface area (Å²) < 4.78 is 1.46. The first-order valence-corrected chi connectivity index (χ1v) is 11.1. The molecule has 1 saturated carbocycles.